The molecular formula is C11H22N4O9. The first-order chi connectivity index (χ1) is 10.8. The second-order valence-electron chi connectivity index (χ2n) is 4.09. The molecule has 0 bridgehead atoms. The van der Waals surface area contributed by atoms with Crippen LogP contribution in [0.15, 0.2) is 0 Å². The number of carboxylic acids is 4. The van der Waals surface area contributed by atoms with Crippen LogP contribution in [0.1, 0.15) is 19.3 Å². The van der Waals surface area contributed by atoms with Crippen LogP contribution in [-0.2, 0) is 24.0 Å². The fourth-order valence-electron chi connectivity index (χ4n) is 0.707. The third-order valence-electron chi connectivity index (χ3n) is 1.90. The average Bonchev–Trinajstić information content (AvgIpc) is 2.44. The van der Waals surface area contributed by atoms with Crippen LogP contribution in [-0.4, -0.2) is 68.8 Å². The monoisotopic (exact) mass is 354 g/mol. The van der Waals surface area contributed by atoms with E-state index in [-0.39, 0.29) is 25.8 Å². The highest BCUT2D eigenvalue weighted by molar-refractivity contribution is 5.83. The lowest BCUT2D eigenvalue weighted by Crippen LogP contribution is -2.34. The molecule has 0 aliphatic rings. The van der Waals surface area contributed by atoms with E-state index >= 15 is 0 Å². The Morgan fingerprint density at radius 3 is 1.33 bits per heavy atom. The SMILES string of the molecule is NC(=O)C[C@H](N)C(=O)O.NCC(=O)O.N[C@@H](CCC(=O)O)C(=O)O. The minimum Gasteiger partial charge on any atom is -0.481 e. The molecule has 2 atom stereocenters. The van der Waals surface area contributed by atoms with E-state index in [2.05, 4.69) is 11.5 Å². The van der Waals surface area contributed by atoms with Crippen LogP contribution < -0.4 is 22.9 Å². The number of aliphatic carboxylic acids is 4. The number of amides is 1. The van der Waals surface area contributed by atoms with Crippen molar-refractivity contribution >= 4 is 29.8 Å². The van der Waals surface area contributed by atoms with Gasteiger partial charge >= 0.3 is 23.9 Å². The van der Waals surface area contributed by atoms with Crippen LogP contribution in [0, 0.1) is 0 Å². The summed E-state index contributed by atoms with van der Waals surface area (Å²) in [5.41, 5.74) is 19.1. The zero-order chi connectivity index (χ0) is 19.9. The lowest BCUT2D eigenvalue weighted by molar-refractivity contribution is -0.141. The number of hydrogen-bond acceptors (Lipinski definition) is 8. The van der Waals surface area contributed by atoms with Crippen molar-refractivity contribution in [1.29, 1.82) is 0 Å². The summed E-state index contributed by atoms with van der Waals surface area (Å²) in [6, 6.07) is -2.22. The Bertz CT molecular complexity index is 441. The molecule has 0 aromatic heterocycles. The van der Waals surface area contributed by atoms with Gasteiger partial charge in [-0.2, -0.15) is 0 Å². The lowest BCUT2D eigenvalue weighted by Gasteiger charge is -2.01. The highest BCUT2D eigenvalue weighted by Crippen LogP contribution is 1.93. The predicted molar refractivity (Wildman–Crippen MR) is 78.6 cm³/mol. The fraction of sp³-hybridized carbons (Fsp3) is 0.545. The maximum absolute atomic E-state index is 9.99. The van der Waals surface area contributed by atoms with Gasteiger partial charge < -0.3 is 43.4 Å². The van der Waals surface area contributed by atoms with Gasteiger partial charge in [0.1, 0.15) is 12.1 Å². The summed E-state index contributed by atoms with van der Waals surface area (Å²) in [6.45, 7) is -0.278. The first-order valence-corrected chi connectivity index (χ1v) is 6.23. The minimum atomic E-state index is -1.21. The van der Waals surface area contributed by atoms with E-state index in [4.69, 9.17) is 31.9 Å². The smallest absolute Gasteiger partial charge is 0.321 e. The molecule has 0 aliphatic carbocycles. The van der Waals surface area contributed by atoms with E-state index in [9.17, 15) is 24.0 Å². The van der Waals surface area contributed by atoms with Crippen molar-refractivity contribution in [1.82, 2.24) is 0 Å². The summed E-state index contributed by atoms with van der Waals surface area (Å²) in [4.78, 5) is 49.0. The molecule has 13 heteroatoms. The summed E-state index contributed by atoms with van der Waals surface area (Å²) in [5.74, 6) is -5.08. The molecular weight excluding hydrogens is 332 g/mol. The number of primary amides is 1. The van der Waals surface area contributed by atoms with Crippen molar-refractivity contribution in [2.75, 3.05) is 6.54 Å². The van der Waals surface area contributed by atoms with Crippen LogP contribution in [0.3, 0.4) is 0 Å². The van der Waals surface area contributed by atoms with Gasteiger partial charge in [0, 0.05) is 6.42 Å². The van der Waals surface area contributed by atoms with Crippen LogP contribution >= 0.6 is 0 Å². The highest BCUT2D eigenvalue weighted by Gasteiger charge is 2.13. The first kappa shape index (κ1) is 26.1. The van der Waals surface area contributed by atoms with Crippen LogP contribution in [0.25, 0.3) is 0 Å². The van der Waals surface area contributed by atoms with E-state index in [1.807, 2.05) is 0 Å². The molecule has 1 amide bonds. The number of hydrogen-bond donors (Lipinski definition) is 8. The molecule has 0 aromatic carbocycles. The van der Waals surface area contributed by atoms with Crippen LogP contribution in [0.4, 0.5) is 0 Å². The second kappa shape index (κ2) is 15.1. The summed E-state index contributed by atoms with van der Waals surface area (Å²) in [5, 5.41) is 32.0. The van der Waals surface area contributed by atoms with Crippen molar-refractivity contribution in [3.8, 4) is 0 Å². The number of nitrogens with two attached hydrogens (primary N) is 4. The average molecular weight is 354 g/mol. The van der Waals surface area contributed by atoms with E-state index in [0.717, 1.165) is 0 Å². The molecule has 0 radical (unpaired) electrons. The Morgan fingerprint density at radius 1 is 0.792 bits per heavy atom. The van der Waals surface area contributed by atoms with Gasteiger partial charge in [-0.25, -0.2) is 0 Å². The Morgan fingerprint density at radius 2 is 1.17 bits per heavy atom. The van der Waals surface area contributed by atoms with Crippen molar-refractivity contribution in [2.24, 2.45) is 22.9 Å². The molecule has 0 heterocycles. The minimum absolute atomic E-state index is 0.0231. The van der Waals surface area contributed by atoms with E-state index in [1.54, 1.807) is 0 Å². The molecule has 0 rings (SSSR count). The maximum atomic E-state index is 9.99. The van der Waals surface area contributed by atoms with Crippen LogP contribution in [0.5, 0.6) is 0 Å². The van der Waals surface area contributed by atoms with Gasteiger partial charge in [0.2, 0.25) is 5.91 Å². The van der Waals surface area contributed by atoms with Gasteiger partial charge in [0.05, 0.1) is 13.0 Å². The molecule has 12 N–H and O–H groups in total. The first-order valence-electron chi connectivity index (χ1n) is 6.23. The molecule has 0 aliphatic heterocycles. The molecule has 0 unspecified atom stereocenters. The Kier molecular flexibility index (Phi) is 16.5. The molecule has 0 fully saturated rings. The number of carbonyl (C=O) groups excluding carboxylic acids is 1. The second-order valence-corrected chi connectivity index (χ2v) is 4.09. The Hall–Kier alpha value is -2.77. The Balaban J connectivity index is -0.000000291. The highest BCUT2D eigenvalue weighted by atomic mass is 16.4. The third-order valence-corrected chi connectivity index (χ3v) is 1.90. The van der Waals surface area contributed by atoms with Crippen molar-refractivity contribution in [3.63, 3.8) is 0 Å². The van der Waals surface area contributed by atoms with Gasteiger partial charge in [0.25, 0.3) is 0 Å². The van der Waals surface area contributed by atoms with Gasteiger partial charge in [-0.1, -0.05) is 0 Å². The molecule has 0 spiro atoms. The van der Waals surface area contributed by atoms with Gasteiger partial charge in [0.15, 0.2) is 0 Å². The summed E-state index contributed by atoms with van der Waals surface area (Å²) >= 11 is 0. The number of carboxylic acid groups (broad SMARTS) is 4. The largest absolute Gasteiger partial charge is 0.481 e. The topological polar surface area (TPSA) is 270 Å². The quantitative estimate of drug-likeness (QED) is 0.211. The maximum Gasteiger partial charge on any atom is 0.321 e. The zero-order valence-corrected chi connectivity index (χ0v) is 12.6. The van der Waals surface area contributed by atoms with Crippen molar-refractivity contribution < 1.29 is 44.4 Å². The van der Waals surface area contributed by atoms with E-state index < -0.39 is 41.9 Å². The predicted octanol–water partition coefficient (Wildman–Crippen LogP) is -3.43. The molecule has 140 valence electrons. The molecule has 13 nitrogen and oxygen atoms in total. The molecule has 0 saturated heterocycles. The summed E-state index contributed by atoms with van der Waals surface area (Å²) < 4.78 is 0. The molecule has 0 aromatic rings. The van der Waals surface area contributed by atoms with E-state index in [1.165, 1.54) is 0 Å². The zero-order valence-electron chi connectivity index (χ0n) is 12.6. The van der Waals surface area contributed by atoms with Gasteiger partial charge in [-0.15, -0.1) is 0 Å². The number of carbonyl (C=O) groups is 5. The van der Waals surface area contributed by atoms with Crippen molar-refractivity contribution in [2.45, 2.75) is 31.3 Å². The molecule has 24 heavy (non-hydrogen) atoms. The van der Waals surface area contributed by atoms with Gasteiger partial charge in [-0.3, -0.25) is 24.0 Å². The lowest BCUT2D eigenvalue weighted by atomic mass is 10.2. The third kappa shape index (κ3) is 24.3. The number of rotatable bonds is 8. The normalized spacial score (nSPS) is 11.5. The van der Waals surface area contributed by atoms with Crippen molar-refractivity contribution in [3.05, 3.63) is 0 Å². The summed E-state index contributed by atoms with van der Waals surface area (Å²) in [7, 11) is 0. The van der Waals surface area contributed by atoms with Gasteiger partial charge in [-0.05, 0) is 6.42 Å². The van der Waals surface area contributed by atoms with E-state index in [0.29, 0.717) is 0 Å². The molecule has 0 saturated carbocycles. The fourth-order valence-corrected chi connectivity index (χ4v) is 0.707. The van der Waals surface area contributed by atoms with Crippen LogP contribution in [0.2, 0.25) is 0 Å². The Labute approximate surface area is 136 Å². The standard InChI is InChI=1S/C5H9NO4.C4H8N2O3.C2H5NO2/c6-3(5(9)10)1-2-4(7)8;5-2(4(8)9)1-3(6)7;3-1-2(4)5/h3H,1-2,6H2,(H,7,8)(H,9,10);2H,1,5H2,(H2,6,7)(H,8,9);1,3H2,(H,4,5)/t3-;2-;/m00./s1. The summed E-state index contributed by atoms with van der Waals surface area (Å²) in [6.07, 6.45) is -0.534.